The highest BCUT2D eigenvalue weighted by molar-refractivity contribution is 5.68. The Morgan fingerprint density at radius 3 is 2.41 bits per heavy atom. The van der Waals surface area contributed by atoms with Gasteiger partial charge < -0.3 is 15.4 Å². The van der Waals surface area contributed by atoms with Crippen LogP contribution in [0.15, 0.2) is 48.5 Å². The number of nitrogens with zero attached hydrogens (tertiary/aromatic N) is 2. The maximum Gasteiger partial charge on any atom is 0.573 e. The number of benzene rings is 2. The van der Waals surface area contributed by atoms with Gasteiger partial charge in [0.25, 0.3) is 0 Å². The summed E-state index contributed by atoms with van der Waals surface area (Å²) in [5.74, 6) is -1.84. The van der Waals surface area contributed by atoms with E-state index in [9.17, 15) is 22.0 Å². The Morgan fingerprint density at radius 1 is 0.906 bits per heavy atom. The fourth-order valence-corrected chi connectivity index (χ4v) is 3.55. The molecule has 3 aromatic rings. The SMILES string of the molecule is Fc1ccc(Nc2cc(-c3cccc(OC(F)(F)F)c3)nc(NC3CCCC3)n2)cc1F. The molecule has 0 aliphatic heterocycles. The molecule has 32 heavy (non-hydrogen) atoms. The summed E-state index contributed by atoms with van der Waals surface area (Å²) in [7, 11) is 0. The summed E-state index contributed by atoms with van der Waals surface area (Å²) in [4.78, 5) is 8.84. The first kappa shape index (κ1) is 21.8. The third kappa shape index (κ3) is 5.63. The van der Waals surface area contributed by atoms with E-state index in [-0.39, 0.29) is 29.2 Å². The molecule has 0 saturated heterocycles. The van der Waals surface area contributed by atoms with Crippen molar-refractivity contribution in [2.45, 2.75) is 38.1 Å². The number of ether oxygens (including phenoxy) is 1. The quantitative estimate of drug-likeness (QED) is 0.425. The van der Waals surface area contributed by atoms with Crippen LogP contribution in [-0.4, -0.2) is 22.4 Å². The molecule has 1 aliphatic rings. The van der Waals surface area contributed by atoms with Crippen molar-refractivity contribution in [3.63, 3.8) is 0 Å². The molecule has 1 aromatic heterocycles. The van der Waals surface area contributed by atoms with Crippen LogP contribution in [0.5, 0.6) is 5.75 Å². The summed E-state index contributed by atoms with van der Waals surface area (Å²) >= 11 is 0. The van der Waals surface area contributed by atoms with Gasteiger partial charge >= 0.3 is 6.36 Å². The minimum atomic E-state index is -4.82. The van der Waals surface area contributed by atoms with Crippen molar-refractivity contribution in [3.8, 4) is 17.0 Å². The molecular weight excluding hydrogens is 431 g/mol. The minimum Gasteiger partial charge on any atom is -0.406 e. The van der Waals surface area contributed by atoms with Gasteiger partial charge in [-0.1, -0.05) is 25.0 Å². The van der Waals surface area contributed by atoms with Gasteiger partial charge in [-0.15, -0.1) is 13.2 Å². The molecule has 2 N–H and O–H groups in total. The Bertz CT molecular complexity index is 1100. The van der Waals surface area contributed by atoms with Crippen molar-refractivity contribution >= 4 is 17.5 Å². The molecule has 1 fully saturated rings. The van der Waals surface area contributed by atoms with Crippen LogP contribution in [0.4, 0.5) is 39.4 Å². The Kier molecular flexibility index (Phi) is 6.11. The summed E-state index contributed by atoms with van der Waals surface area (Å²) in [5, 5.41) is 6.13. The lowest BCUT2D eigenvalue weighted by Gasteiger charge is -2.15. The van der Waals surface area contributed by atoms with Gasteiger partial charge in [0.2, 0.25) is 5.95 Å². The summed E-state index contributed by atoms with van der Waals surface area (Å²) in [6.45, 7) is 0. The Hall–Kier alpha value is -3.43. The molecule has 1 heterocycles. The molecule has 10 heteroatoms. The number of nitrogens with one attached hydrogen (secondary N) is 2. The Morgan fingerprint density at radius 2 is 1.69 bits per heavy atom. The molecule has 0 amide bonds. The first-order chi connectivity index (χ1) is 15.2. The number of halogens is 5. The molecule has 168 valence electrons. The number of rotatable bonds is 6. The van der Waals surface area contributed by atoms with E-state index in [4.69, 9.17) is 0 Å². The van der Waals surface area contributed by atoms with E-state index >= 15 is 0 Å². The van der Waals surface area contributed by atoms with E-state index in [1.807, 2.05) is 0 Å². The highest BCUT2D eigenvalue weighted by Gasteiger charge is 2.31. The molecule has 4 rings (SSSR count). The van der Waals surface area contributed by atoms with Crippen LogP contribution in [0.3, 0.4) is 0 Å². The largest absolute Gasteiger partial charge is 0.573 e. The van der Waals surface area contributed by atoms with Gasteiger partial charge in [-0.2, -0.15) is 4.98 Å². The lowest BCUT2D eigenvalue weighted by Crippen LogP contribution is -2.17. The van der Waals surface area contributed by atoms with Crippen LogP contribution in [0, 0.1) is 11.6 Å². The first-order valence-electron chi connectivity index (χ1n) is 9.99. The third-order valence-corrected chi connectivity index (χ3v) is 4.97. The standard InChI is InChI=1S/C22H19F5N4O/c23-17-9-8-15(11-18(17)24)28-20-12-19(30-21(31-20)29-14-5-1-2-6-14)13-4-3-7-16(10-13)32-22(25,26)27/h3-4,7-12,14H,1-2,5-6H2,(H2,28,29,30,31). The highest BCUT2D eigenvalue weighted by atomic mass is 19.4. The van der Waals surface area contributed by atoms with Crippen molar-refractivity contribution in [2.24, 2.45) is 0 Å². The van der Waals surface area contributed by atoms with Crippen LogP contribution in [-0.2, 0) is 0 Å². The van der Waals surface area contributed by atoms with Crippen LogP contribution >= 0.6 is 0 Å². The normalized spacial score (nSPS) is 14.4. The lowest BCUT2D eigenvalue weighted by atomic mass is 10.1. The molecule has 1 aliphatic carbocycles. The van der Waals surface area contributed by atoms with E-state index in [0.717, 1.165) is 37.8 Å². The van der Waals surface area contributed by atoms with Gasteiger partial charge in [-0.3, -0.25) is 0 Å². The highest BCUT2D eigenvalue weighted by Crippen LogP contribution is 2.30. The maximum atomic E-state index is 13.6. The number of alkyl halides is 3. The smallest absolute Gasteiger partial charge is 0.406 e. The van der Waals surface area contributed by atoms with Crippen LogP contribution in [0.25, 0.3) is 11.3 Å². The van der Waals surface area contributed by atoms with Crippen LogP contribution < -0.4 is 15.4 Å². The molecule has 0 atom stereocenters. The molecule has 0 unspecified atom stereocenters. The zero-order valence-corrected chi connectivity index (χ0v) is 16.7. The van der Waals surface area contributed by atoms with Crippen molar-refractivity contribution in [1.29, 1.82) is 0 Å². The zero-order valence-electron chi connectivity index (χ0n) is 16.7. The second kappa shape index (κ2) is 8.97. The molecule has 2 aromatic carbocycles. The summed E-state index contributed by atoms with van der Waals surface area (Å²) in [6, 6.07) is 10.4. The number of hydrogen-bond acceptors (Lipinski definition) is 5. The Balaban J connectivity index is 1.68. The molecule has 0 bridgehead atoms. The average molecular weight is 450 g/mol. The second-order valence-electron chi connectivity index (χ2n) is 7.42. The number of aromatic nitrogens is 2. The van der Waals surface area contributed by atoms with Crippen LogP contribution in [0.1, 0.15) is 25.7 Å². The monoisotopic (exact) mass is 450 g/mol. The van der Waals surface area contributed by atoms with Gasteiger partial charge in [0.05, 0.1) is 5.69 Å². The molecule has 0 spiro atoms. The van der Waals surface area contributed by atoms with Gasteiger partial charge in [0, 0.05) is 29.4 Å². The summed E-state index contributed by atoms with van der Waals surface area (Å²) < 4.78 is 68.7. The van der Waals surface area contributed by atoms with Crippen molar-refractivity contribution < 1.29 is 26.7 Å². The predicted octanol–water partition coefficient (Wildman–Crippen LogP) is 6.42. The fraction of sp³-hybridized carbons (Fsp3) is 0.273. The van der Waals surface area contributed by atoms with Crippen molar-refractivity contribution in [3.05, 3.63) is 60.2 Å². The van der Waals surface area contributed by atoms with E-state index in [2.05, 4.69) is 25.3 Å². The molecule has 1 saturated carbocycles. The van der Waals surface area contributed by atoms with Crippen LogP contribution in [0.2, 0.25) is 0 Å². The maximum absolute atomic E-state index is 13.6. The molecular formula is C22H19F5N4O. The van der Waals surface area contributed by atoms with Gasteiger partial charge in [-0.05, 0) is 37.1 Å². The molecule has 5 nitrogen and oxygen atoms in total. The fourth-order valence-electron chi connectivity index (χ4n) is 3.55. The average Bonchev–Trinajstić information content (AvgIpc) is 3.22. The topological polar surface area (TPSA) is 59.1 Å². The van der Waals surface area contributed by atoms with E-state index < -0.39 is 18.0 Å². The predicted molar refractivity (Wildman–Crippen MR) is 110 cm³/mol. The first-order valence-corrected chi connectivity index (χ1v) is 9.99. The minimum absolute atomic E-state index is 0.182. The second-order valence-corrected chi connectivity index (χ2v) is 7.42. The molecule has 0 radical (unpaired) electrons. The summed E-state index contributed by atoms with van der Waals surface area (Å²) in [5.41, 5.74) is 0.963. The Labute approximate surface area is 180 Å². The lowest BCUT2D eigenvalue weighted by molar-refractivity contribution is -0.274. The zero-order chi connectivity index (χ0) is 22.7. The van der Waals surface area contributed by atoms with Gasteiger partial charge in [0.1, 0.15) is 11.6 Å². The number of hydrogen-bond donors (Lipinski definition) is 2. The summed E-state index contributed by atoms with van der Waals surface area (Å²) in [6.07, 6.45) is -0.760. The van der Waals surface area contributed by atoms with Crippen molar-refractivity contribution in [2.75, 3.05) is 10.6 Å². The van der Waals surface area contributed by atoms with E-state index in [0.29, 0.717) is 11.3 Å². The number of anilines is 3. The van der Waals surface area contributed by atoms with Gasteiger partial charge in [-0.25, -0.2) is 13.8 Å². The third-order valence-electron chi connectivity index (χ3n) is 4.97. The van der Waals surface area contributed by atoms with E-state index in [1.165, 1.54) is 30.3 Å². The van der Waals surface area contributed by atoms with Gasteiger partial charge in [0.15, 0.2) is 11.6 Å². The van der Waals surface area contributed by atoms with E-state index in [1.54, 1.807) is 6.07 Å². The van der Waals surface area contributed by atoms with Crippen molar-refractivity contribution in [1.82, 2.24) is 9.97 Å².